The minimum atomic E-state index is -3.53. The van der Waals surface area contributed by atoms with Crippen molar-refractivity contribution in [1.82, 2.24) is 4.90 Å². The minimum Gasteiger partial charge on any atom is -0.351 e. The number of aryl methyl sites for hydroxylation is 1. The number of benzene rings is 1. The van der Waals surface area contributed by atoms with E-state index in [1.54, 1.807) is 19.1 Å². The van der Waals surface area contributed by atoms with Crippen molar-refractivity contribution in [1.29, 1.82) is 0 Å². The molecule has 1 rings (SSSR count). The molecule has 0 fully saturated rings. The number of carbonyl (C=O) groups excluding carboxylic acids is 2. The van der Waals surface area contributed by atoms with Crippen molar-refractivity contribution in [3.05, 3.63) is 35.4 Å². The number of imide groups is 1. The van der Waals surface area contributed by atoms with Crippen molar-refractivity contribution in [3.63, 3.8) is 0 Å². The van der Waals surface area contributed by atoms with Gasteiger partial charge in [-0.2, -0.15) is 0 Å². The molecular weight excluding hydrogens is 322 g/mol. The van der Waals surface area contributed by atoms with Gasteiger partial charge in [-0.05, 0) is 34.5 Å². The van der Waals surface area contributed by atoms with Crippen molar-refractivity contribution < 1.29 is 30.0 Å². The van der Waals surface area contributed by atoms with Crippen LogP contribution < -0.4 is 0 Å². The smallest absolute Gasteiger partial charge is 0.324 e. The van der Waals surface area contributed by atoms with Gasteiger partial charge in [0, 0.05) is 5.56 Å². The Hall–Kier alpha value is -1.32. The van der Waals surface area contributed by atoms with Crippen LogP contribution in [0.25, 0.3) is 0 Å². The average Bonchev–Trinajstić information content (AvgIpc) is 2.28. The molecule has 8 heteroatoms. The van der Waals surface area contributed by atoms with Crippen molar-refractivity contribution in [2.75, 3.05) is 0 Å². The van der Waals surface area contributed by atoms with Gasteiger partial charge in [0.05, 0.1) is 0 Å². The number of aliphatic hydroxyl groups is 4. The third-order valence-electron chi connectivity index (χ3n) is 2.46. The van der Waals surface area contributed by atoms with Crippen LogP contribution in [0.15, 0.2) is 24.3 Å². The molecule has 0 spiro atoms. The van der Waals surface area contributed by atoms with E-state index in [9.17, 15) is 19.8 Å². The second-order valence-electron chi connectivity index (χ2n) is 3.82. The van der Waals surface area contributed by atoms with Gasteiger partial charge < -0.3 is 20.4 Å². The van der Waals surface area contributed by atoms with E-state index >= 15 is 0 Å². The number of rotatable bonds is 4. The quantitative estimate of drug-likeness (QED) is 0.327. The largest absolute Gasteiger partial charge is 0.351 e. The van der Waals surface area contributed by atoms with Crippen LogP contribution in [0.4, 0.5) is 0 Å². The molecule has 0 aliphatic rings. The molecule has 0 heterocycles. The van der Waals surface area contributed by atoms with Crippen LogP contribution >= 0.6 is 15.9 Å². The minimum absolute atomic E-state index is 0.0128. The van der Waals surface area contributed by atoms with E-state index in [4.69, 9.17) is 10.2 Å². The number of halogens is 1. The molecule has 0 radical (unpaired) electrons. The Morgan fingerprint density at radius 3 is 2.21 bits per heavy atom. The van der Waals surface area contributed by atoms with E-state index in [1.165, 1.54) is 12.1 Å². The Bertz CT molecular complexity index is 496. The summed E-state index contributed by atoms with van der Waals surface area (Å²) in [5.74, 6) is -4.63. The van der Waals surface area contributed by atoms with Crippen LogP contribution in [-0.2, 0) is 4.79 Å². The summed E-state index contributed by atoms with van der Waals surface area (Å²) in [6, 6.07) is 6.09. The number of amides is 2. The Kier molecular flexibility index (Phi) is 4.43. The lowest BCUT2D eigenvalue weighted by Crippen LogP contribution is -2.63. The number of nitrogens with zero attached hydrogens (tertiary/aromatic N) is 1. The van der Waals surface area contributed by atoms with E-state index in [2.05, 4.69) is 15.9 Å². The molecule has 0 saturated carbocycles. The molecular formula is C11H12BrNO6. The van der Waals surface area contributed by atoms with Crippen molar-refractivity contribution in [2.24, 2.45) is 0 Å². The number of alkyl halides is 1. The third kappa shape index (κ3) is 2.99. The topological polar surface area (TPSA) is 118 Å². The van der Waals surface area contributed by atoms with Gasteiger partial charge in [0.15, 0.2) is 0 Å². The fourth-order valence-corrected chi connectivity index (χ4v) is 1.55. The highest BCUT2D eigenvalue weighted by Crippen LogP contribution is 2.28. The monoisotopic (exact) mass is 333 g/mol. The van der Waals surface area contributed by atoms with Gasteiger partial charge in [0.1, 0.15) is 0 Å². The van der Waals surface area contributed by atoms with Crippen LogP contribution in [0.1, 0.15) is 15.9 Å². The second kappa shape index (κ2) is 5.35. The highest BCUT2D eigenvalue weighted by molar-refractivity contribution is 9.10. The van der Waals surface area contributed by atoms with Crippen LogP contribution in [-0.4, -0.2) is 48.3 Å². The highest BCUT2D eigenvalue weighted by Gasteiger charge is 2.53. The third-order valence-corrected chi connectivity index (χ3v) is 2.99. The maximum atomic E-state index is 12.0. The first-order valence-electron chi connectivity index (χ1n) is 5.06. The molecule has 1 aromatic carbocycles. The molecule has 0 atom stereocenters. The summed E-state index contributed by atoms with van der Waals surface area (Å²) in [5, 5.41) is 37.3. The molecule has 0 unspecified atom stereocenters. The van der Waals surface area contributed by atoms with Gasteiger partial charge in [-0.15, -0.1) is 0 Å². The average molecular weight is 334 g/mol. The molecule has 4 N–H and O–H groups in total. The van der Waals surface area contributed by atoms with E-state index in [-0.39, 0.29) is 16.9 Å². The summed E-state index contributed by atoms with van der Waals surface area (Å²) < 4.78 is -3.28. The standard InChI is InChI=1S/C11H12BrNO6/c1-7-4-2-3-5-8(7)9(15)13(6-14)11(18,19)10(12,16)17/h2-6,16-19H,1H3. The Morgan fingerprint density at radius 2 is 1.79 bits per heavy atom. The fourth-order valence-electron chi connectivity index (χ4n) is 1.36. The summed E-state index contributed by atoms with van der Waals surface area (Å²) in [5.41, 5.74) is 0.491. The lowest BCUT2D eigenvalue weighted by molar-refractivity contribution is -0.349. The van der Waals surface area contributed by atoms with E-state index in [0.29, 0.717) is 5.56 Å². The molecule has 19 heavy (non-hydrogen) atoms. The molecule has 1 aromatic rings. The maximum absolute atomic E-state index is 12.0. The van der Waals surface area contributed by atoms with Crippen molar-refractivity contribution in [2.45, 2.75) is 17.5 Å². The fraction of sp³-hybridized carbons (Fsp3) is 0.273. The Morgan fingerprint density at radius 1 is 1.26 bits per heavy atom. The van der Waals surface area contributed by atoms with Crippen molar-refractivity contribution in [3.8, 4) is 0 Å². The zero-order chi connectivity index (χ0) is 14.8. The molecule has 0 bridgehead atoms. The molecule has 7 nitrogen and oxygen atoms in total. The van der Waals surface area contributed by atoms with Gasteiger partial charge in [0.2, 0.25) is 6.41 Å². The number of hydrogen-bond donors (Lipinski definition) is 4. The highest BCUT2D eigenvalue weighted by atomic mass is 79.9. The predicted octanol–water partition coefficient (Wildman–Crippen LogP) is -0.735. The van der Waals surface area contributed by atoms with E-state index in [0.717, 1.165) is 0 Å². The molecule has 104 valence electrons. The first-order chi connectivity index (χ1) is 8.63. The van der Waals surface area contributed by atoms with Crippen LogP contribution in [0.2, 0.25) is 0 Å². The summed E-state index contributed by atoms with van der Waals surface area (Å²) in [6.07, 6.45) is -0.211. The van der Waals surface area contributed by atoms with Crippen LogP contribution in [0.5, 0.6) is 0 Å². The number of carbonyl (C=O) groups is 2. The summed E-state index contributed by atoms with van der Waals surface area (Å²) >= 11 is 2.16. The summed E-state index contributed by atoms with van der Waals surface area (Å²) in [4.78, 5) is 22.8. The zero-order valence-electron chi connectivity index (χ0n) is 9.82. The van der Waals surface area contributed by atoms with Gasteiger partial charge in [-0.1, -0.05) is 18.2 Å². The SMILES string of the molecule is Cc1ccccc1C(=O)N(C=O)C(O)(O)C(O)(O)Br. The number of hydrogen-bond acceptors (Lipinski definition) is 6. The van der Waals surface area contributed by atoms with Gasteiger partial charge in [-0.3, -0.25) is 9.59 Å². The molecule has 0 aliphatic heterocycles. The zero-order valence-corrected chi connectivity index (χ0v) is 11.4. The molecule has 0 saturated heterocycles. The normalized spacial score (nSPS) is 12.1. The Balaban J connectivity index is 3.23. The predicted molar refractivity (Wildman–Crippen MR) is 66.7 cm³/mol. The van der Waals surface area contributed by atoms with Crippen LogP contribution in [0, 0.1) is 6.92 Å². The van der Waals surface area contributed by atoms with E-state index in [1.807, 2.05) is 0 Å². The summed E-state index contributed by atoms with van der Waals surface area (Å²) in [6.45, 7) is 1.58. The molecule has 0 aromatic heterocycles. The second-order valence-corrected chi connectivity index (χ2v) is 4.92. The van der Waals surface area contributed by atoms with E-state index < -0.39 is 16.5 Å². The van der Waals surface area contributed by atoms with Gasteiger partial charge in [0.25, 0.3) is 10.6 Å². The van der Waals surface area contributed by atoms with Crippen molar-refractivity contribution >= 4 is 28.2 Å². The van der Waals surface area contributed by atoms with Crippen LogP contribution in [0.3, 0.4) is 0 Å². The van der Waals surface area contributed by atoms with Gasteiger partial charge >= 0.3 is 5.91 Å². The lowest BCUT2D eigenvalue weighted by Gasteiger charge is -2.36. The lowest BCUT2D eigenvalue weighted by atomic mass is 10.1. The summed E-state index contributed by atoms with van der Waals surface area (Å²) in [7, 11) is 0. The maximum Gasteiger partial charge on any atom is 0.324 e. The first-order valence-corrected chi connectivity index (χ1v) is 5.85. The molecule has 0 aliphatic carbocycles. The Labute approximate surface area is 116 Å². The molecule has 2 amide bonds. The first kappa shape index (κ1) is 15.7. The van der Waals surface area contributed by atoms with Gasteiger partial charge in [-0.25, -0.2) is 4.90 Å².